The fourth-order valence-corrected chi connectivity index (χ4v) is 1.39. The molecule has 0 aliphatic rings. The number of non-ortho nitro benzene ring substituents is 1. The molecule has 18 heavy (non-hydrogen) atoms. The van der Waals surface area contributed by atoms with Crippen molar-refractivity contribution < 1.29 is 9.72 Å². The van der Waals surface area contributed by atoms with Crippen LogP contribution in [-0.2, 0) is 0 Å². The Hall–Kier alpha value is -2.15. The summed E-state index contributed by atoms with van der Waals surface area (Å²) < 4.78 is 0. The van der Waals surface area contributed by atoms with Gasteiger partial charge in [-0.05, 0) is 13.0 Å². The summed E-state index contributed by atoms with van der Waals surface area (Å²) in [6, 6.07) is 3.62. The largest absolute Gasteiger partial charge is 0.398 e. The van der Waals surface area contributed by atoms with Crippen molar-refractivity contribution in [2.75, 3.05) is 19.3 Å². The van der Waals surface area contributed by atoms with Crippen molar-refractivity contribution in [3.8, 4) is 0 Å². The minimum atomic E-state index is -0.567. The molecule has 0 radical (unpaired) electrons. The zero-order valence-electron chi connectivity index (χ0n) is 10.3. The number of hydrogen-bond donors (Lipinski definition) is 2. The number of carbonyl (C=O) groups excluding carboxylic acids is 1. The normalized spacial score (nSPS) is 11.9. The monoisotopic (exact) mass is 252 g/mol. The number of benzene rings is 1. The minimum absolute atomic E-state index is 0.118. The van der Waals surface area contributed by atoms with Crippen molar-refractivity contribution in [2.24, 2.45) is 5.73 Å². The van der Waals surface area contributed by atoms with E-state index in [1.165, 1.54) is 23.1 Å². The highest BCUT2D eigenvalue weighted by atomic mass is 16.6. The number of carbonyl (C=O) groups is 1. The summed E-state index contributed by atoms with van der Waals surface area (Å²) >= 11 is 0. The summed E-state index contributed by atoms with van der Waals surface area (Å²) in [6.45, 7) is 2.09. The molecule has 0 saturated carbocycles. The smallest absolute Gasteiger partial charge is 0.270 e. The van der Waals surface area contributed by atoms with Gasteiger partial charge in [-0.1, -0.05) is 0 Å². The molecule has 7 nitrogen and oxygen atoms in total. The Bertz CT molecular complexity index is 475. The fraction of sp³-hybridized carbons (Fsp3) is 0.364. The molecule has 4 N–H and O–H groups in total. The molecule has 0 aliphatic heterocycles. The van der Waals surface area contributed by atoms with Crippen LogP contribution in [0.5, 0.6) is 0 Å². The maximum Gasteiger partial charge on any atom is 0.270 e. The van der Waals surface area contributed by atoms with Crippen LogP contribution in [0.4, 0.5) is 11.4 Å². The van der Waals surface area contributed by atoms with Crippen molar-refractivity contribution in [2.45, 2.75) is 13.0 Å². The molecule has 0 aromatic heterocycles. The van der Waals surface area contributed by atoms with Crippen LogP contribution in [0.25, 0.3) is 0 Å². The van der Waals surface area contributed by atoms with Gasteiger partial charge in [-0.3, -0.25) is 14.9 Å². The Morgan fingerprint density at radius 3 is 2.67 bits per heavy atom. The van der Waals surface area contributed by atoms with Crippen molar-refractivity contribution in [1.82, 2.24) is 4.90 Å². The van der Waals surface area contributed by atoms with E-state index in [1.54, 1.807) is 14.0 Å². The second-order valence-corrected chi connectivity index (χ2v) is 4.03. The molecule has 1 atom stereocenters. The number of nitrogen functional groups attached to an aromatic ring is 1. The molecule has 1 rings (SSSR count). The number of rotatable bonds is 4. The van der Waals surface area contributed by atoms with E-state index >= 15 is 0 Å². The molecule has 7 heteroatoms. The average molecular weight is 252 g/mol. The topological polar surface area (TPSA) is 115 Å². The number of hydrogen-bond acceptors (Lipinski definition) is 5. The number of nitro benzene ring substituents is 1. The highest BCUT2D eigenvalue weighted by Gasteiger charge is 2.21. The zero-order chi connectivity index (χ0) is 13.9. The molecule has 1 aromatic carbocycles. The zero-order valence-corrected chi connectivity index (χ0v) is 10.3. The van der Waals surface area contributed by atoms with E-state index in [2.05, 4.69) is 0 Å². The summed E-state index contributed by atoms with van der Waals surface area (Å²) in [5.74, 6) is -0.380. The number of anilines is 1. The Labute approximate surface area is 105 Å². The van der Waals surface area contributed by atoms with Gasteiger partial charge >= 0.3 is 0 Å². The Morgan fingerprint density at radius 2 is 2.17 bits per heavy atom. The van der Waals surface area contributed by atoms with Crippen LogP contribution >= 0.6 is 0 Å². The molecular weight excluding hydrogens is 236 g/mol. The van der Waals surface area contributed by atoms with E-state index in [0.29, 0.717) is 6.54 Å². The van der Waals surface area contributed by atoms with Crippen molar-refractivity contribution in [3.05, 3.63) is 33.9 Å². The van der Waals surface area contributed by atoms with Gasteiger partial charge in [0.25, 0.3) is 11.6 Å². The quantitative estimate of drug-likeness (QED) is 0.462. The first kappa shape index (κ1) is 13.9. The predicted molar refractivity (Wildman–Crippen MR) is 68.1 cm³/mol. The van der Waals surface area contributed by atoms with Crippen LogP contribution in [0, 0.1) is 10.1 Å². The van der Waals surface area contributed by atoms with E-state index in [1.807, 2.05) is 0 Å². The molecule has 0 heterocycles. The van der Waals surface area contributed by atoms with Crippen LogP contribution in [0.15, 0.2) is 18.2 Å². The average Bonchev–Trinajstić information content (AvgIpc) is 2.36. The first-order valence-electron chi connectivity index (χ1n) is 5.39. The number of nitro groups is 1. The molecular formula is C11H16N4O3. The lowest BCUT2D eigenvalue weighted by Gasteiger charge is -2.24. The number of amides is 1. The molecule has 0 spiro atoms. The molecule has 0 bridgehead atoms. The fourth-order valence-electron chi connectivity index (χ4n) is 1.39. The minimum Gasteiger partial charge on any atom is -0.398 e. The molecule has 0 saturated heterocycles. The first-order valence-corrected chi connectivity index (χ1v) is 5.39. The van der Waals surface area contributed by atoms with Gasteiger partial charge in [-0.15, -0.1) is 0 Å². The van der Waals surface area contributed by atoms with E-state index in [4.69, 9.17) is 11.5 Å². The van der Waals surface area contributed by atoms with Gasteiger partial charge in [0, 0.05) is 37.5 Å². The Balaban J connectivity index is 3.12. The van der Waals surface area contributed by atoms with Gasteiger partial charge in [0.1, 0.15) is 0 Å². The lowest BCUT2D eigenvalue weighted by Crippen LogP contribution is -2.40. The number of nitrogens with zero attached hydrogens (tertiary/aromatic N) is 2. The summed E-state index contributed by atoms with van der Waals surface area (Å²) in [4.78, 5) is 23.6. The molecule has 1 aromatic rings. The SMILES string of the molecule is CC(CN)N(C)C(=O)c1cc([N+](=O)[O-])ccc1N. The molecule has 1 amide bonds. The van der Waals surface area contributed by atoms with Crippen molar-refractivity contribution in [3.63, 3.8) is 0 Å². The van der Waals surface area contributed by atoms with Gasteiger partial charge < -0.3 is 16.4 Å². The maximum atomic E-state index is 12.1. The molecule has 98 valence electrons. The standard InChI is InChI=1S/C11H16N4O3/c1-7(6-12)14(2)11(16)9-5-8(15(17)18)3-4-10(9)13/h3-5,7H,6,12-13H2,1-2H3. The van der Waals surface area contributed by atoms with Crippen LogP contribution in [0.3, 0.4) is 0 Å². The van der Waals surface area contributed by atoms with E-state index < -0.39 is 4.92 Å². The lowest BCUT2D eigenvalue weighted by molar-refractivity contribution is -0.384. The summed E-state index contributed by atoms with van der Waals surface area (Å²) in [7, 11) is 1.58. The van der Waals surface area contributed by atoms with Crippen LogP contribution in [0.1, 0.15) is 17.3 Å². The van der Waals surface area contributed by atoms with Crippen LogP contribution in [0.2, 0.25) is 0 Å². The van der Waals surface area contributed by atoms with E-state index in [-0.39, 0.29) is 28.9 Å². The lowest BCUT2D eigenvalue weighted by atomic mass is 10.1. The third-order valence-electron chi connectivity index (χ3n) is 2.80. The van der Waals surface area contributed by atoms with Gasteiger partial charge in [-0.25, -0.2) is 0 Å². The highest BCUT2D eigenvalue weighted by Crippen LogP contribution is 2.21. The summed E-state index contributed by atoms with van der Waals surface area (Å²) in [5, 5.41) is 10.7. The third-order valence-corrected chi connectivity index (χ3v) is 2.80. The third kappa shape index (κ3) is 2.75. The maximum absolute atomic E-state index is 12.1. The predicted octanol–water partition coefficient (Wildman–Crippen LogP) is 0.596. The second kappa shape index (κ2) is 5.46. The van der Waals surface area contributed by atoms with E-state index in [0.717, 1.165) is 0 Å². The first-order chi connectivity index (χ1) is 8.38. The van der Waals surface area contributed by atoms with Gasteiger partial charge in [-0.2, -0.15) is 0 Å². The molecule has 0 fully saturated rings. The Morgan fingerprint density at radius 1 is 1.56 bits per heavy atom. The molecule has 0 aliphatic carbocycles. The van der Waals surface area contributed by atoms with Crippen LogP contribution < -0.4 is 11.5 Å². The van der Waals surface area contributed by atoms with Crippen LogP contribution in [-0.4, -0.2) is 35.4 Å². The Kier molecular flexibility index (Phi) is 4.22. The van der Waals surface area contributed by atoms with Gasteiger partial charge in [0.2, 0.25) is 0 Å². The highest BCUT2D eigenvalue weighted by molar-refractivity contribution is 5.99. The van der Waals surface area contributed by atoms with Gasteiger partial charge in [0.15, 0.2) is 0 Å². The second-order valence-electron chi connectivity index (χ2n) is 4.03. The van der Waals surface area contributed by atoms with Crippen molar-refractivity contribution >= 4 is 17.3 Å². The summed E-state index contributed by atoms with van der Waals surface area (Å²) in [5.41, 5.74) is 11.3. The molecule has 1 unspecified atom stereocenters. The van der Waals surface area contributed by atoms with Crippen molar-refractivity contribution in [1.29, 1.82) is 0 Å². The number of nitrogens with two attached hydrogens (primary N) is 2. The number of likely N-dealkylation sites (N-methyl/N-ethyl adjacent to an activating group) is 1. The van der Waals surface area contributed by atoms with E-state index in [9.17, 15) is 14.9 Å². The summed E-state index contributed by atoms with van der Waals surface area (Å²) in [6.07, 6.45) is 0. The van der Waals surface area contributed by atoms with Gasteiger partial charge in [0.05, 0.1) is 10.5 Å².